The van der Waals surface area contributed by atoms with Crippen LogP contribution in [-0.4, -0.2) is 75.7 Å². The summed E-state index contributed by atoms with van der Waals surface area (Å²) in [5.74, 6) is -0.632. The van der Waals surface area contributed by atoms with Crippen molar-refractivity contribution in [2.24, 2.45) is 0 Å². The number of hydrogen-bond donors (Lipinski definition) is 2. The van der Waals surface area contributed by atoms with Crippen molar-refractivity contribution in [2.75, 3.05) is 38.3 Å². The summed E-state index contributed by atoms with van der Waals surface area (Å²) in [7, 11) is 7.31. The molecule has 2 rings (SSSR count). The zero-order valence-electron chi connectivity index (χ0n) is 17.1. The van der Waals surface area contributed by atoms with Gasteiger partial charge < -0.3 is 24.7 Å². The molecule has 1 aromatic heterocycles. The molecule has 0 fully saturated rings. The Kier molecular flexibility index (Phi) is 11.5. The molecule has 2 aromatic rings. The van der Waals surface area contributed by atoms with E-state index in [-0.39, 0.29) is 0 Å². The van der Waals surface area contributed by atoms with Crippen molar-refractivity contribution < 1.29 is 24.5 Å². The molecule has 8 nitrogen and oxygen atoms in total. The molecule has 0 saturated heterocycles. The molecule has 1 heterocycles. The Labute approximate surface area is 179 Å². The van der Waals surface area contributed by atoms with Gasteiger partial charge in [0, 0.05) is 48.2 Å². The molecule has 0 spiro atoms. The molecule has 159 valence electrons. The normalized spacial score (nSPS) is 10.4. The number of likely N-dealkylation sites (N-methyl/N-ethyl adjacent to an activating group) is 1. The molecule has 0 unspecified atom stereocenters. The van der Waals surface area contributed by atoms with Gasteiger partial charge in [-0.05, 0) is 43.0 Å². The molecular weight excluding hydrogens is 402 g/mol. The average Bonchev–Trinajstić information content (AvgIpc) is 2.76. The highest BCUT2D eigenvalue weighted by Crippen LogP contribution is 2.16. The largest absolute Gasteiger partial charge is 0.497 e. The number of pyridine rings is 1. The predicted molar refractivity (Wildman–Crippen MR) is 116 cm³/mol. The van der Waals surface area contributed by atoms with E-state index in [0.29, 0.717) is 12.2 Å². The van der Waals surface area contributed by atoms with Gasteiger partial charge >= 0.3 is 11.9 Å². The van der Waals surface area contributed by atoms with E-state index in [4.69, 9.17) is 14.9 Å². The summed E-state index contributed by atoms with van der Waals surface area (Å²) in [4.78, 5) is 28.1. The maximum absolute atomic E-state index is 9.55. The van der Waals surface area contributed by atoms with Crippen molar-refractivity contribution in [3.8, 4) is 5.75 Å². The van der Waals surface area contributed by atoms with Crippen LogP contribution in [-0.2, 0) is 16.1 Å². The number of methoxy groups -OCH3 is 1. The average molecular weight is 429 g/mol. The first-order valence-electron chi connectivity index (χ1n) is 9.11. The van der Waals surface area contributed by atoms with Gasteiger partial charge in [-0.25, -0.2) is 14.6 Å². The van der Waals surface area contributed by atoms with Crippen molar-refractivity contribution in [1.82, 2.24) is 9.88 Å². The van der Waals surface area contributed by atoms with E-state index in [9.17, 15) is 9.59 Å². The topological polar surface area (TPSA) is 103 Å². The molecule has 3 radical (unpaired) electrons. The number of carboxylic acid groups (broad SMARTS) is 2. The van der Waals surface area contributed by atoms with Crippen LogP contribution in [0.25, 0.3) is 0 Å². The smallest absolute Gasteiger partial charge is 0.328 e. The van der Waals surface area contributed by atoms with Gasteiger partial charge in [-0.3, -0.25) is 0 Å². The second-order valence-corrected chi connectivity index (χ2v) is 6.52. The number of benzene rings is 1. The number of aliphatic carboxylic acids is 2. The number of anilines is 1. The zero-order chi connectivity index (χ0) is 22.4. The number of nitrogens with zero attached hydrogens (tertiary/aromatic N) is 3. The highest BCUT2D eigenvalue weighted by atomic mass is 28.1. The van der Waals surface area contributed by atoms with Crippen LogP contribution in [0.4, 0.5) is 5.82 Å². The van der Waals surface area contributed by atoms with Crippen molar-refractivity contribution in [1.29, 1.82) is 0 Å². The van der Waals surface area contributed by atoms with Gasteiger partial charge in [0.2, 0.25) is 0 Å². The van der Waals surface area contributed by atoms with E-state index in [1.54, 1.807) is 7.11 Å². The molecule has 1 aromatic carbocycles. The Balaban J connectivity index is 0.000000479. The van der Waals surface area contributed by atoms with Crippen LogP contribution in [0.2, 0.25) is 0 Å². The minimum atomic E-state index is -1.26. The number of carboxylic acids is 2. The fourth-order valence-corrected chi connectivity index (χ4v) is 2.44. The minimum absolute atomic E-state index is 0.558. The highest BCUT2D eigenvalue weighted by Gasteiger charge is 2.09. The zero-order valence-corrected chi connectivity index (χ0v) is 18.1. The maximum atomic E-state index is 9.55. The van der Waals surface area contributed by atoms with Crippen LogP contribution in [0.15, 0.2) is 60.8 Å². The summed E-state index contributed by atoms with van der Waals surface area (Å²) in [6.07, 6.45) is 3.81. The van der Waals surface area contributed by atoms with E-state index in [1.807, 2.05) is 30.5 Å². The number of hydrogen-bond acceptors (Lipinski definition) is 6. The van der Waals surface area contributed by atoms with Crippen molar-refractivity contribution >= 4 is 28.0 Å². The number of rotatable bonds is 10. The van der Waals surface area contributed by atoms with E-state index in [1.165, 1.54) is 5.56 Å². The molecule has 0 amide bonds. The van der Waals surface area contributed by atoms with Crippen LogP contribution in [0.1, 0.15) is 5.56 Å². The number of aromatic nitrogens is 1. The molecule has 2 N–H and O–H groups in total. The summed E-state index contributed by atoms with van der Waals surface area (Å²) in [5, 5.41) is 15.6. The first-order chi connectivity index (χ1) is 14.3. The lowest BCUT2D eigenvalue weighted by Crippen LogP contribution is -2.34. The van der Waals surface area contributed by atoms with E-state index in [2.05, 4.69) is 50.3 Å². The maximum Gasteiger partial charge on any atom is 0.328 e. The van der Waals surface area contributed by atoms with Crippen LogP contribution in [0.5, 0.6) is 5.75 Å². The third-order valence-corrected chi connectivity index (χ3v) is 4.44. The van der Waals surface area contributed by atoms with Gasteiger partial charge in [-0.15, -0.1) is 0 Å². The predicted octanol–water partition coefficient (Wildman–Crippen LogP) is 1.87. The molecule has 9 heteroatoms. The fraction of sp³-hybridized carbons (Fsp3) is 0.286. The van der Waals surface area contributed by atoms with E-state index >= 15 is 0 Å². The van der Waals surface area contributed by atoms with Crippen LogP contribution in [0.3, 0.4) is 0 Å². The van der Waals surface area contributed by atoms with Crippen LogP contribution < -0.4 is 9.64 Å². The van der Waals surface area contributed by atoms with Crippen molar-refractivity contribution in [3.63, 3.8) is 0 Å². The third kappa shape index (κ3) is 10.4. The Morgan fingerprint density at radius 1 is 1.07 bits per heavy atom. The molecule has 0 aliphatic carbocycles. The monoisotopic (exact) mass is 428 g/mol. The van der Waals surface area contributed by atoms with Crippen LogP contribution in [0, 0.1) is 0 Å². The fourth-order valence-electron chi connectivity index (χ4n) is 2.28. The lowest BCUT2D eigenvalue weighted by Gasteiger charge is -2.26. The molecule has 0 atom stereocenters. The SMILES string of the molecule is COc1ccc(CN(CCN(C)C[Si])c2ccccn2)cc1.O=C(O)/C=C\C(=O)O. The van der Waals surface area contributed by atoms with Gasteiger partial charge in [-0.1, -0.05) is 18.2 Å². The third-order valence-electron chi connectivity index (χ3n) is 3.90. The summed E-state index contributed by atoms with van der Waals surface area (Å²) < 4.78 is 5.21. The van der Waals surface area contributed by atoms with Gasteiger partial charge in [0.05, 0.1) is 7.11 Å². The molecular formula is C21H26N3O5Si. The Hall–Kier alpha value is -3.17. The minimum Gasteiger partial charge on any atom is -0.497 e. The Morgan fingerprint density at radius 2 is 1.70 bits per heavy atom. The van der Waals surface area contributed by atoms with Crippen molar-refractivity contribution in [3.05, 3.63) is 66.4 Å². The first-order valence-corrected chi connectivity index (χ1v) is 9.82. The molecule has 0 aliphatic rings. The summed E-state index contributed by atoms with van der Waals surface area (Å²) in [6, 6.07) is 14.2. The Morgan fingerprint density at radius 3 is 2.17 bits per heavy atom. The van der Waals surface area contributed by atoms with Crippen LogP contribution >= 0.6 is 0 Å². The Bertz CT molecular complexity index is 784. The molecule has 30 heavy (non-hydrogen) atoms. The second-order valence-electron chi connectivity index (χ2n) is 6.21. The van der Waals surface area contributed by atoms with E-state index < -0.39 is 11.9 Å². The summed E-state index contributed by atoms with van der Waals surface area (Å²) in [6.45, 7) is 2.72. The quantitative estimate of drug-likeness (QED) is 0.437. The van der Waals surface area contributed by atoms with Gasteiger partial charge in [0.1, 0.15) is 11.6 Å². The lowest BCUT2D eigenvalue weighted by atomic mass is 10.2. The standard InChI is InChI=1S/C17H22N3OSi.C4H4O4/c1-19(14-22)11-12-20(17-5-3-4-10-18-17)13-15-6-8-16(21-2)9-7-15;5-3(6)1-2-4(7)8/h3-10H,11-14H2,1-2H3;1-2H,(H,5,6)(H,7,8)/b;2-1-. The van der Waals surface area contributed by atoms with Crippen molar-refractivity contribution in [2.45, 2.75) is 6.54 Å². The summed E-state index contributed by atoms with van der Waals surface area (Å²) in [5.41, 5.74) is 1.24. The summed E-state index contributed by atoms with van der Waals surface area (Å²) >= 11 is 0. The first kappa shape index (κ1) is 24.9. The molecule has 0 bridgehead atoms. The van der Waals surface area contributed by atoms with Gasteiger partial charge in [-0.2, -0.15) is 0 Å². The van der Waals surface area contributed by atoms with Gasteiger partial charge in [0.15, 0.2) is 0 Å². The van der Waals surface area contributed by atoms with E-state index in [0.717, 1.165) is 37.4 Å². The molecule has 0 aliphatic heterocycles. The molecule has 0 saturated carbocycles. The highest BCUT2D eigenvalue weighted by molar-refractivity contribution is 6.08. The van der Waals surface area contributed by atoms with Gasteiger partial charge in [0.25, 0.3) is 0 Å². The lowest BCUT2D eigenvalue weighted by molar-refractivity contribution is -0.134. The number of carbonyl (C=O) groups is 2. The number of ether oxygens (including phenoxy) is 1. The second kappa shape index (κ2) is 13.9.